The van der Waals surface area contributed by atoms with Gasteiger partial charge in [0.05, 0.1) is 6.85 Å². The fraction of sp³-hybridized carbons (Fsp3) is 0.143. The minimum Gasteiger partial charge on any atom is -0.509 e. The van der Waals surface area contributed by atoms with Crippen LogP contribution in [0.1, 0.15) is 65.1 Å². The first-order valence-electron chi connectivity index (χ1n) is 25.5. The first-order valence-corrected chi connectivity index (χ1v) is 23.0. The van der Waals surface area contributed by atoms with Gasteiger partial charge in [0, 0.05) is 66.9 Å². The van der Waals surface area contributed by atoms with Crippen LogP contribution < -0.4 is 14.5 Å². The van der Waals surface area contributed by atoms with Crippen LogP contribution in [0, 0.1) is 25.7 Å². The van der Waals surface area contributed by atoms with Crippen LogP contribution >= 0.6 is 0 Å². The Morgan fingerprint density at radius 3 is 1.88 bits per heavy atom. The van der Waals surface area contributed by atoms with E-state index in [0.717, 1.165) is 66.8 Å². The van der Waals surface area contributed by atoms with Crippen molar-refractivity contribution in [1.82, 2.24) is 9.55 Å². The number of fused-ring (bicyclic) bond motifs is 4. The fourth-order valence-corrected chi connectivity index (χ4v) is 9.08. The Bertz CT molecular complexity index is 3750. The minimum atomic E-state index is -0.435. The zero-order chi connectivity index (χ0) is 51.1. The second-order valence-electron chi connectivity index (χ2n) is 19.6. The fourth-order valence-electron chi connectivity index (χ4n) is 9.08. The molecule has 0 atom stereocenters. The molecule has 0 aliphatic carbocycles. The van der Waals surface area contributed by atoms with Crippen molar-refractivity contribution < 1.29 is 32.7 Å². The van der Waals surface area contributed by atoms with Gasteiger partial charge >= 0.3 is 0 Å². The van der Waals surface area contributed by atoms with E-state index < -0.39 is 6.04 Å². The van der Waals surface area contributed by atoms with E-state index in [-0.39, 0.29) is 61.6 Å². The molecule has 0 saturated carbocycles. The molecule has 0 fully saturated rings. The molecule has 0 saturated heterocycles. The van der Waals surface area contributed by atoms with Gasteiger partial charge in [0.25, 0.3) is 0 Å². The number of rotatable bonds is 8. The van der Waals surface area contributed by atoms with Crippen LogP contribution in [-0.4, -0.2) is 9.55 Å². The third-order valence-electron chi connectivity index (χ3n) is 12.8. The molecule has 0 unspecified atom stereocenters. The predicted molar refractivity (Wildman–Crippen MR) is 283 cm³/mol. The van der Waals surface area contributed by atoms with Crippen molar-refractivity contribution in [2.75, 3.05) is 9.80 Å². The summed E-state index contributed by atoms with van der Waals surface area (Å²) in [5.74, 6) is 1.57. The van der Waals surface area contributed by atoms with Gasteiger partial charge in [-0.25, -0.2) is 4.98 Å². The molecule has 0 spiro atoms. The van der Waals surface area contributed by atoms with Crippen molar-refractivity contribution in [2.45, 2.75) is 59.3 Å². The van der Waals surface area contributed by atoms with E-state index in [1.165, 1.54) is 11.1 Å². The number of nitrogens with zero attached hydrogens (tertiary/aromatic N) is 4. The molecule has 8 aromatic carbocycles. The monoisotopic (exact) mass is 1080 g/mol. The van der Waals surface area contributed by atoms with Gasteiger partial charge < -0.3 is 19.1 Å². The number of pyridine rings is 1. The third kappa shape index (κ3) is 8.77. The van der Waals surface area contributed by atoms with Crippen LogP contribution in [-0.2, 0) is 31.9 Å². The molecule has 5 nitrogen and oxygen atoms in total. The molecular formula is C63H53N4OPt-3. The van der Waals surface area contributed by atoms with Gasteiger partial charge in [-0.05, 0) is 104 Å². The van der Waals surface area contributed by atoms with Gasteiger partial charge in [-0.3, -0.25) is 0 Å². The molecule has 6 heteroatoms. The van der Waals surface area contributed by atoms with E-state index in [1.54, 1.807) is 6.20 Å². The van der Waals surface area contributed by atoms with Crippen LogP contribution in [0.25, 0.3) is 61.0 Å². The van der Waals surface area contributed by atoms with Gasteiger partial charge in [0.1, 0.15) is 5.82 Å². The second kappa shape index (κ2) is 18.0. The summed E-state index contributed by atoms with van der Waals surface area (Å²) in [7, 11) is 0. The van der Waals surface area contributed by atoms with Crippen LogP contribution in [0.15, 0.2) is 188 Å². The van der Waals surface area contributed by atoms with Crippen molar-refractivity contribution >= 4 is 44.6 Å². The molecule has 344 valence electrons. The molecule has 3 heterocycles. The van der Waals surface area contributed by atoms with Crippen LogP contribution in [0.3, 0.4) is 0 Å². The van der Waals surface area contributed by atoms with Crippen LogP contribution in [0.2, 0.25) is 0 Å². The average Bonchev–Trinajstić information content (AvgIpc) is 3.93. The molecule has 1 aliphatic heterocycles. The van der Waals surface area contributed by atoms with Gasteiger partial charge in [0.2, 0.25) is 0 Å². The zero-order valence-corrected chi connectivity index (χ0v) is 41.9. The van der Waals surface area contributed by atoms with E-state index in [2.05, 4.69) is 167 Å². The maximum absolute atomic E-state index is 8.68. The predicted octanol–water partition coefficient (Wildman–Crippen LogP) is 16.9. The van der Waals surface area contributed by atoms with Crippen molar-refractivity contribution in [1.29, 1.82) is 0 Å². The Morgan fingerprint density at radius 1 is 0.565 bits per heavy atom. The molecular weight excluding hydrogens is 1020 g/mol. The van der Waals surface area contributed by atoms with E-state index in [0.29, 0.717) is 28.4 Å². The smallest absolute Gasteiger partial charge is 0.135 e. The zero-order valence-electron chi connectivity index (χ0n) is 44.6. The molecule has 1 aliphatic rings. The summed E-state index contributed by atoms with van der Waals surface area (Å²) in [5, 5.41) is 1.93. The van der Waals surface area contributed by atoms with E-state index >= 15 is 0 Å². The van der Waals surface area contributed by atoms with Crippen molar-refractivity contribution in [2.24, 2.45) is 0 Å². The summed E-state index contributed by atoms with van der Waals surface area (Å²) in [6, 6.07) is 58.0. The molecule has 0 amide bonds. The number of aryl methyl sites for hydroxylation is 1. The number of benzene rings is 8. The molecule has 10 aromatic rings. The Morgan fingerprint density at radius 2 is 1.22 bits per heavy atom. The average molecular weight is 1080 g/mol. The molecule has 0 bridgehead atoms. The first kappa shape index (κ1) is 39.8. The number of aromatic nitrogens is 2. The minimum absolute atomic E-state index is 0. The SMILES string of the molecule is [2H]c1c([2H])c([2H])c(-c2cnc(-n3c4[c-]c(Oc5[c-]c(N6[CH-]N(c7cc(C(C)(C)C)cc(C(C)(C)C)c7)c7cc(-c8ccccc8)ccc76)ccc5)ccc4c4cc(-c5ccccc5)ccc43)cc2C)c([2H])c1[2H].[Pt]. The molecule has 2 aromatic heterocycles. The van der Waals surface area contributed by atoms with Gasteiger partial charge in [-0.15, -0.1) is 48.1 Å². The van der Waals surface area contributed by atoms with E-state index in [4.69, 9.17) is 16.6 Å². The third-order valence-corrected chi connectivity index (χ3v) is 12.8. The summed E-state index contributed by atoms with van der Waals surface area (Å²) < 4.78 is 50.9. The number of anilines is 4. The summed E-state index contributed by atoms with van der Waals surface area (Å²) in [6.45, 7) is 17.6. The molecule has 11 rings (SSSR count). The van der Waals surface area contributed by atoms with Gasteiger partial charge in [-0.2, -0.15) is 12.1 Å². The Labute approximate surface area is 428 Å². The quantitative estimate of drug-likeness (QED) is 0.142. The second-order valence-corrected chi connectivity index (χ2v) is 19.6. The van der Waals surface area contributed by atoms with E-state index in [9.17, 15) is 0 Å². The first-order chi connectivity index (χ1) is 34.9. The summed E-state index contributed by atoms with van der Waals surface area (Å²) in [6.07, 6.45) is 1.59. The standard InChI is InChI=1S/C63H53N4O.Pt/c1-42-32-61(64-40-56(42)45-22-15-10-16-23-45)67-57-30-26-46(43-18-11-8-12-19-43)33-55(57)54-29-28-53(39-59(54)67)68-52-25-17-24-50(38-52)65-41-66(51-36-48(62(2,3)4)35-49(37-51)63(5,6)7)60-34-47(27-31-58(60)65)44-20-13-9-14-21-44;/h8-37,40-41H,1-7H3;/q-3;/i10D,15D,16D,22D,23D;. The van der Waals surface area contributed by atoms with E-state index in [1.807, 2.05) is 66.1 Å². The summed E-state index contributed by atoms with van der Waals surface area (Å²) >= 11 is 0. The van der Waals surface area contributed by atoms with Crippen molar-refractivity contribution in [3.63, 3.8) is 0 Å². The Kier molecular flexibility index (Phi) is 10.4. The Balaban J connectivity index is 0.00000626. The molecule has 69 heavy (non-hydrogen) atoms. The molecule has 0 radical (unpaired) electrons. The topological polar surface area (TPSA) is 33.5 Å². The summed E-state index contributed by atoms with van der Waals surface area (Å²) in [5.41, 5.74) is 13.7. The van der Waals surface area contributed by atoms with Crippen molar-refractivity contribution in [3.8, 4) is 50.7 Å². The number of hydrogen-bond donors (Lipinski definition) is 0. The largest absolute Gasteiger partial charge is 0.509 e. The molecule has 0 N–H and O–H groups in total. The van der Waals surface area contributed by atoms with Gasteiger partial charge in [-0.1, -0.05) is 162 Å². The normalized spacial score (nSPS) is 13.6. The Hall–Kier alpha value is -7.20. The maximum atomic E-state index is 8.68. The number of ether oxygens (including phenoxy) is 1. The van der Waals surface area contributed by atoms with Crippen LogP contribution in [0.4, 0.5) is 22.7 Å². The van der Waals surface area contributed by atoms with Gasteiger partial charge in [0.15, 0.2) is 0 Å². The summed E-state index contributed by atoms with van der Waals surface area (Å²) in [4.78, 5) is 9.39. The van der Waals surface area contributed by atoms with Crippen LogP contribution in [0.5, 0.6) is 11.5 Å². The van der Waals surface area contributed by atoms with Crippen molar-refractivity contribution in [3.05, 3.63) is 224 Å². The maximum Gasteiger partial charge on any atom is 0.135 e. The number of hydrogen-bond acceptors (Lipinski definition) is 4.